The summed E-state index contributed by atoms with van der Waals surface area (Å²) in [5.74, 6) is 0.0277. The molecule has 2 heterocycles. The SMILES string of the molecule is Cc1ccc(C(=O)Nc2ccc3c(c2)OC(F)(F)O3)o1. The molecule has 1 aromatic heterocycles. The molecule has 1 aliphatic rings. The van der Waals surface area contributed by atoms with Crippen LogP contribution in [0.3, 0.4) is 0 Å². The van der Waals surface area contributed by atoms with Gasteiger partial charge in [0.2, 0.25) is 0 Å². The van der Waals surface area contributed by atoms with Crippen LogP contribution >= 0.6 is 0 Å². The molecular weight excluding hydrogens is 272 g/mol. The lowest BCUT2D eigenvalue weighted by atomic mass is 10.2. The van der Waals surface area contributed by atoms with Crippen molar-refractivity contribution in [3.8, 4) is 11.5 Å². The molecule has 0 saturated carbocycles. The van der Waals surface area contributed by atoms with Crippen LogP contribution in [0.4, 0.5) is 14.5 Å². The zero-order valence-electron chi connectivity index (χ0n) is 10.3. The van der Waals surface area contributed by atoms with Crippen LogP contribution in [0.5, 0.6) is 11.5 Å². The fourth-order valence-corrected chi connectivity index (χ4v) is 1.78. The summed E-state index contributed by atoms with van der Waals surface area (Å²) in [5.41, 5.74) is 0.295. The molecule has 1 N–H and O–H groups in total. The highest BCUT2D eigenvalue weighted by molar-refractivity contribution is 6.02. The van der Waals surface area contributed by atoms with Crippen LogP contribution in [0.1, 0.15) is 16.3 Å². The van der Waals surface area contributed by atoms with Crippen LogP contribution in [0.2, 0.25) is 0 Å². The molecular formula is C13H9F2NO4. The number of halogens is 2. The zero-order chi connectivity index (χ0) is 14.3. The van der Waals surface area contributed by atoms with Crippen molar-refractivity contribution in [1.29, 1.82) is 0 Å². The third-order valence-corrected chi connectivity index (χ3v) is 2.62. The molecule has 0 radical (unpaired) electrons. The summed E-state index contributed by atoms with van der Waals surface area (Å²) in [4.78, 5) is 11.8. The van der Waals surface area contributed by atoms with Crippen LogP contribution in [0, 0.1) is 6.92 Å². The van der Waals surface area contributed by atoms with E-state index in [2.05, 4.69) is 14.8 Å². The van der Waals surface area contributed by atoms with Crippen LogP contribution in [0.15, 0.2) is 34.7 Å². The number of alkyl halides is 2. The number of anilines is 1. The third kappa shape index (κ3) is 2.29. The maximum atomic E-state index is 12.9. The summed E-state index contributed by atoms with van der Waals surface area (Å²) in [7, 11) is 0. The average molecular weight is 281 g/mol. The summed E-state index contributed by atoms with van der Waals surface area (Å²) in [5, 5.41) is 2.52. The number of nitrogens with one attached hydrogen (secondary N) is 1. The van der Waals surface area contributed by atoms with E-state index < -0.39 is 12.2 Å². The Balaban J connectivity index is 1.78. The second-order valence-electron chi connectivity index (χ2n) is 4.19. The Labute approximate surface area is 112 Å². The Morgan fingerprint density at radius 2 is 1.90 bits per heavy atom. The fraction of sp³-hybridized carbons (Fsp3) is 0.154. The first kappa shape index (κ1) is 12.5. The van der Waals surface area contributed by atoms with E-state index in [0.717, 1.165) is 0 Å². The van der Waals surface area contributed by atoms with Crippen molar-refractivity contribution in [2.75, 3.05) is 5.32 Å². The number of hydrogen-bond acceptors (Lipinski definition) is 4. The zero-order valence-corrected chi connectivity index (χ0v) is 10.3. The number of benzene rings is 1. The predicted molar refractivity (Wildman–Crippen MR) is 64.0 cm³/mol. The minimum atomic E-state index is -3.68. The van der Waals surface area contributed by atoms with Gasteiger partial charge in [0.15, 0.2) is 17.3 Å². The van der Waals surface area contributed by atoms with Crippen LogP contribution in [-0.2, 0) is 0 Å². The molecule has 0 spiro atoms. The lowest BCUT2D eigenvalue weighted by Gasteiger charge is -2.04. The Hall–Kier alpha value is -2.57. The van der Waals surface area contributed by atoms with Crippen molar-refractivity contribution in [3.63, 3.8) is 0 Å². The summed E-state index contributed by atoms with van der Waals surface area (Å²) in [6.07, 6.45) is -3.68. The highest BCUT2D eigenvalue weighted by Gasteiger charge is 2.43. The first-order valence-electron chi connectivity index (χ1n) is 5.71. The molecule has 104 valence electrons. The minimum Gasteiger partial charge on any atom is -0.456 e. The van der Waals surface area contributed by atoms with E-state index in [9.17, 15) is 13.6 Å². The van der Waals surface area contributed by atoms with Gasteiger partial charge < -0.3 is 19.2 Å². The first-order valence-corrected chi connectivity index (χ1v) is 5.71. The number of amides is 1. The van der Waals surface area contributed by atoms with Gasteiger partial charge in [-0.2, -0.15) is 0 Å². The molecule has 20 heavy (non-hydrogen) atoms. The van der Waals surface area contributed by atoms with E-state index in [1.54, 1.807) is 13.0 Å². The van der Waals surface area contributed by atoms with E-state index in [1.165, 1.54) is 24.3 Å². The molecule has 0 unspecified atom stereocenters. The second kappa shape index (κ2) is 4.22. The molecule has 1 amide bonds. The number of carbonyl (C=O) groups excluding carboxylic acids is 1. The number of aryl methyl sites for hydroxylation is 1. The maximum Gasteiger partial charge on any atom is 0.586 e. The monoisotopic (exact) mass is 281 g/mol. The van der Waals surface area contributed by atoms with Gasteiger partial charge in [-0.05, 0) is 31.2 Å². The van der Waals surface area contributed by atoms with Crippen molar-refractivity contribution in [1.82, 2.24) is 0 Å². The Bertz CT molecular complexity index is 681. The Morgan fingerprint density at radius 1 is 1.15 bits per heavy atom. The molecule has 2 aromatic rings. The van der Waals surface area contributed by atoms with Gasteiger partial charge in [0.1, 0.15) is 5.76 Å². The quantitative estimate of drug-likeness (QED) is 0.918. The molecule has 5 nitrogen and oxygen atoms in total. The molecule has 0 fully saturated rings. The van der Waals surface area contributed by atoms with Crippen molar-refractivity contribution >= 4 is 11.6 Å². The Kier molecular flexibility index (Phi) is 2.63. The normalized spacial score (nSPS) is 15.2. The molecule has 3 rings (SSSR count). The van der Waals surface area contributed by atoms with E-state index in [0.29, 0.717) is 11.4 Å². The maximum absolute atomic E-state index is 12.9. The van der Waals surface area contributed by atoms with Crippen molar-refractivity contribution < 1.29 is 27.5 Å². The third-order valence-electron chi connectivity index (χ3n) is 2.62. The molecule has 0 atom stereocenters. The van der Waals surface area contributed by atoms with Crippen LogP contribution in [0.25, 0.3) is 0 Å². The van der Waals surface area contributed by atoms with Crippen LogP contribution in [-0.4, -0.2) is 12.2 Å². The van der Waals surface area contributed by atoms with Gasteiger partial charge in [0, 0.05) is 11.8 Å². The van der Waals surface area contributed by atoms with Gasteiger partial charge in [0.05, 0.1) is 0 Å². The van der Waals surface area contributed by atoms with Crippen LogP contribution < -0.4 is 14.8 Å². The minimum absolute atomic E-state index is 0.0816. The summed E-state index contributed by atoms with van der Waals surface area (Å²) in [6.45, 7) is 1.71. The predicted octanol–water partition coefficient (Wildman–Crippen LogP) is 3.16. The number of fused-ring (bicyclic) bond motifs is 1. The number of carbonyl (C=O) groups is 1. The van der Waals surface area contributed by atoms with Gasteiger partial charge in [-0.25, -0.2) is 0 Å². The molecule has 0 aliphatic carbocycles. The van der Waals surface area contributed by atoms with Crippen molar-refractivity contribution in [2.45, 2.75) is 13.2 Å². The summed E-state index contributed by atoms with van der Waals surface area (Å²) >= 11 is 0. The van der Waals surface area contributed by atoms with E-state index in [1.807, 2.05) is 0 Å². The number of ether oxygens (including phenoxy) is 2. The van der Waals surface area contributed by atoms with E-state index >= 15 is 0 Å². The number of furan rings is 1. The lowest BCUT2D eigenvalue weighted by Crippen LogP contribution is -2.25. The molecule has 7 heteroatoms. The van der Waals surface area contributed by atoms with Gasteiger partial charge in [-0.3, -0.25) is 4.79 Å². The largest absolute Gasteiger partial charge is 0.586 e. The fourth-order valence-electron chi connectivity index (χ4n) is 1.78. The van der Waals surface area contributed by atoms with Gasteiger partial charge in [0.25, 0.3) is 5.91 Å². The van der Waals surface area contributed by atoms with Crippen molar-refractivity contribution in [3.05, 3.63) is 41.9 Å². The summed E-state index contributed by atoms with van der Waals surface area (Å²) in [6, 6.07) is 7.14. The van der Waals surface area contributed by atoms with Gasteiger partial charge >= 0.3 is 6.29 Å². The highest BCUT2D eigenvalue weighted by atomic mass is 19.3. The van der Waals surface area contributed by atoms with E-state index in [4.69, 9.17) is 4.42 Å². The first-order chi connectivity index (χ1) is 9.43. The van der Waals surface area contributed by atoms with E-state index in [-0.39, 0.29) is 17.3 Å². The summed E-state index contributed by atoms with van der Waals surface area (Å²) < 4.78 is 39.4. The molecule has 1 aromatic carbocycles. The Morgan fingerprint density at radius 3 is 2.60 bits per heavy atom. The number of hydrogen-bond donors (Lipinski definition) is 1. The molecule has 0 saturated heterocycles. The van der Waals surface area contributed by atoms with Gasteiger partial charge in [-0.15, -0.1) is 8.78 Å². The van der Waals surface area contributed by atoms with Crippen molar-refractivity contribution in [2.24, 2.45) is 0 Å². The van der Waals surface area contributed by atoms with Gasteiger partial charge in [-0.1, -0.05) is 0 Å². The molecule has 1 aliphatic heterocycles. The highest BCUT2D eigenvalue weighted by Crippen LogP contribution is 2.42. The standard InChI is InChI=1S/C13H9F2NO4/c1-7-2-4-10(18-7)12(17)16-8-3-5-9-11(6-8)20-13(14,15)19-9/h2-6H,1H3,(H,16,17). The topological polar surface area (TPSA) is 60.7 Å². The second-order valence-corrected chi connectivity index (χ2v) is 4.19. The number of rotatable bonds is 2. The smallest absolute Gasteiger partial charge is 0.456 e. The average Bonchev–Trinajstić information content (AvgIpc) is 2.90. The molecule has 0 bridgehead atoms. The lowest BCUT2D eigenvalue weighted by molar-refractivity contribution is -0.286.